The van der Waals surface area contributed by atoms with Crippen molar-refractivity contribution in [3.8, 4) is 0 Å². The van der Waals surface area contributed by atoms with E-state index in [1.807, 2.05) is 18.2 Å². The van der Waals surface area contributed by atoms with Crippen molar-refractivity contribution in [1.29, 1.82) is 0 Å². The lowest BCUT2D eigenvalue weighted by molar-refractivity contribution is 0.296. The molecule has 1 aromatic carbocycles. The number of nitrogens with two attached hydrogens (primary N) is 1. The summed E-state index contributed by atoms with van der Waals surface area (Å²) in [7, 11) is 2.06. The molecule has 90 valence electrons. The van der Waals surface area contributed by atoms with Crippen molar-refractivity contribution in [2.45, 2.75) is 18.4 Å². The molecule has 0 atom stereocenters. The standard InChI is InChI=1S/C13H18N4/c1-17-11-5-3-2-4-10(11)16-12(17)13(14)6-8-15-9-7-13/h2-5,15H,6-9,14H2,1H3. The normalized spacial score (nSPS) is 19.6. The Morgan fingerprint density at radius 2 is 2.00 bits per heavy atom. The van der Waals surface area contributed by atoms with Gasteiger partial charge in [0.15, 0.2) is 0 Å². The SMILES string of the molecule is Cn1c(C2(N)CCNCC2)nc2ccccc21. The summed E-state index contributed by atoms with van der Waals surface area (Å²) in [5, 5.41) is 3.35. The van der Waals surface area contributed by atoms with E-state index >= 15 is 0 Å². The zero-order valence-corrected chi connectivity index (χ0v) is 10.1. The number of aromatic nitrogens is 2. The number of hydrogen-bond donors (Lipinski definition) is 2. The van der Waals surface area contributed by atoms with E-state index in [0.29, 0.717) is 0 Å². The van der Waals surface area contributed by atoms with Gasteiger partial charge >= 0.3 is 0 Å². The van der Waals surface area contributed by atoms with Gasteiger partial charge in [0.05, 0.1) is 16.6 Å². The number of rotatable bonds is 1. The van der Waals surface area contributed by atoms with Gasteiger partial charge in [0.1, 0.15) is 5.82 Å². The highest BCUT2D eigenvalue weighted by molar-refractivity contribution is 5.76. The number of piperidine rings is 1. The summed E-state index contributed by atoms with van der Waals surface area (Å²) >= 11 is 0. The molecule has 3 rings (SSSR count). The summed E-state index contributed by atoms with van der Waals surface area (Å²) in [6.07, 6.45) is 1.90. The molecule has 2 aromatic rings. The minimum Gasteiger partial charge on any atom is -0.330 e. The topological polar surface area (TPSA) is 55.9 Å². The lowest BCUT2D eigenvalue weighted by atomic mass is 9.88. The summed E-state index contributed by atoms with van der Waals surface area (Å²) in [5.41, 5.74) is 8.44. The van der Waals surface area contributed by atoms with Crippen LogP contribution in [0.15, 0.2) is 24.3 Å². The van der Waals surface area contributed by atoms with Gasteiger partial charge in [-0.15, -0.1) is 0 Å². The third-order valence-corrected chi connectivity index (χ3v) is 3.73. The number of nitrogens with one attached hydrogen (secondary N) is 1. The van der Waals surface area contributed by atoms with E-state index in [2.05, 4.69) is 23.0 Å². The molecular weight excluding hydrogens is 212 g/mol. The molecule has 0 radical (unpaired) electrons. The Kier molecular flexibility index (Phi) is 2.42. The number of nitrogens with zero attached hydrogens (tertiary/aromatic N) is 2. The van der Waals surface area contributed by atoms with Crippen molar-refractivity contribution >= 4 is 11.0 Å². The first-order chi connectivity index (χ1) is 8.21. The molecule has 1 saturated heterocycles. The molecule has 2 heterocycles. The first-order valence-electron chi connectivity index (χ1n) is 6.12. The minimum absolute atomic E-state index is 0.279. The zero-order valence-electron chi connectivity index (χ0n) is 10.1. The summed E-state index contributed by atoms with van der Waals surface area (Å²) < 4.78 is 2.14. The predicted molar refractivity (Wildman–Crippen MR) is 68.7 cm³/mol. The van der Waals surface area contributed by atoms with Crippen molar-refractivity contribution in [2.75, 3.05) is 13.1 Å². The maximum Gasteiger partial charge on any atom is 0.129 e. The summed E-state index contributed by atoms with van der Waals surface area (Å²) in [5.74, 6) is 1.01. The molecule has 1 aromatic heterocycles. The average molecular weight is 230 g/mol. The molecule has 0 bridgehead atoms. The second-order valence-corrected chi connectivity index (χ2v) is 4.89. The summed E-state index contributed by atoms with van der Waals surface area (Å²) in [6, 6.07) is 8.20. The Morgan fingerprint density at radius 3 is 2.71 bits per heavy atom. The van der Waals surface area contributed by atoms with Gasteiger partial charge in [-0.3, -0.25) is 0 Å². The second kappa shape index (κ2) is 3.82. The number of para-hydroxylation sites is 2. The van der Waals surface area contributed by atoms with Crippen LogP contribution in [0.2, 0.25) is 0 Å². The fraction of sp³-hybridized carbons (Fsp3) is 0.462. The van der Waals surface area contributed by atoms with E-state index in [4.69, 9.17) is 10.7 Å². The fourth-order valence-electron chi connectivity index (χ4n) is 2.69. The van der Waals surface area contributed by atoms with Crippen molar-refractivity contribution < 1.29 is 0 Å². The molecule has 1 aliphatic heterocycles. The highest BCUT2D eigenvalue weighted by atomic mass is 15.1. The van der Waals surface area contributed by atoms with Crippen LogP contribution in [-0.4, -0.2) is 22.6 Å². The number of fused-ring (bicyclic) bond motifs is 1. The Bertz CT molecular complexity index is 537. The first kappa shape index (κ1) is 10.7. The highest BCUT2D eigenvalue weighted by Crippen LogP contribution is 2.29. The Labute approximate surface area is 101 Å². The van der Waals surface area contributed by atoms with Gasteiger partial charge in [-0.05, 0) is 38.1 Å². The van der Waals surface area contributed by atoms with Gasteiger partial charge in [-0.1, -0.05) is 12.1 Å². The van der Waals surface area contributed by atoms with E-state index in [1.54, 1.807) is 0 Å². The summed E-state index contributed by atoms with van der Waals surface area (Å²) in [6.45, 7) is 1.94. The molecule has 0 spiro atoms. The Hall–Kier alpha value is -1.39. The van der Waals surface area contributed by atoms with Crippen LogP contribution in [0.4, 0.5) is 0 Å². The lowest BCUT2D eigenvalue weighted by Gasteiger charge is -2.33. The highest BCUT2D eigenvalue weighted by Gasteiger charge is 2.33. The van der Waals surface area contributed by atoms with Gasteiger partial charge in [-0.25, -0.2) is 4.98 Å². The molecule has 0 aliphatic carbocycles. The molecule has 4 heteroatoms. The molecule has 0 amide bonds. The molecule has 17 heavy (non-hydrogen) atoms. The fourth-order valence-corrected chi connectivity index (χ4v) is 2.69. The molecular formula is C13H18N4. The number of aryl methyl sites for hydroxylation is 1. The van der Waals surface area contributed by atoms with Gasteiger partial charge in [0, 0.05) is 7.05 Å². The van der Waals surface area contributed by atoms with Gasteiger partial charge in [0.2, 0.25) is 0 Å². The molecule has 1 fully saturated rings. The smallest absolute Gasteiger partial charge is 0.129 e. The van der Waals surface area contributed by atoms with E-state index in [9.17, 15) is 0 Å². The van der Waals surface area contributed by atoms with E-state index in [0.717, 1.165) is 42.8 Å². The van der Waals surface area contributed by atoms with Crippen molar-refractivity contribution in [1.82, 2.24) is 14.9 Å². The minimum atomic E-state index is -0.279. The molecule has 0 saturated carbocycles. The quantitative estimate of drug-likeness (QED) is 0.771. The van der Waals surface area contributed by atoms with Crippen LogP contribution in [0, 0.1) is 0 Å². The van der Waals surface area contributed by atoms with Crippen molar-refractivity contribution in [3.05, 3.63) is 30.1 Å². The van der Waals surface area contributed by atoms with Gasteiger partial charge < -0.3 is 15.6 Å². The van der Waals surface area contributed by atoms with Gasteiger partial charge in [0.25, 0.3) is 0 Å². The number of hydrogen-bond acceptors (Lipinski definition) is 3. The van der Waals surface area contributed by atoms with E-state index in [-0.39, 0.29) is 5.54 Å². The summed E-state index contributed by atoms with van der Waals surface area (Å²) in [4.78, 5) is 4.72. The van der Waals surface area contributed by atoms with Crippen molar-refractivity contribution in [3.63, 3.8) is 0 Å². The maximum absolute atomic E-state index is 6.52. The third-order valence-electron chi connectivity index (χ3n) is 3.73. The Morgan fingerprint density at radius 1 is 1.29 bits per heavy atom. The monoisotopic (exact) mass is 230 g/mol. The largest absolute Gasteiger partial charge is 0.330 e. The number of benzene rings is 1. The van der Waals surface area contributed by atoms with Crippen molar-refractivity contribution in [2.24, 2.45) is 12.8 Å². The molecule has 4 nitrogen and oxygen atoms in total. The van der Waals surface area contributed by atoms with Crippen LogP contribution < -0.4 is 11.1 Å². The Balaban J connectivity index is 2.13. The predicted octanol–water partition coefficient (Wildman–Crippen LogP) is 1.11. The van der Waals surface area contributed by atoms with Crippen LogP contribution in [0.5, 0.6) is 0 Å². The average Bonchev–Trinajstić information content (AvgIpc) is 2.69. The van der Waals surface area contributed by atoms with E-state index < -0.39 is 0 Å². The zero-order chi connectivity index (χ0) is 11.9. The van der Waals surface area contributed by atoms with Crippen LogP contribution in [0.1, 0.15) is 18.7 Å². The van der Waals surface area contributed by atoms with Gasteiger partial charge in [-0.2, -0.15) is 0 Å². The van der Waals surface area contributed by atoms with E-state index in [1.165, 1.54) is 0 Å². The molecule has 1 aliphatic rings. The second-order valence-electron chi connectivity index (χ2n) is 4.89. The van der Waals surface area contributed by atoms with Crippen LogP contribution in [-0.2, 0) is 12.6 Å². The molecule has 3 N–H and O–H groups in total. The number of imidazole rings is 1. The first-order valence-corrected chi connectivity index (χ1v) is 6.12. The van der Waals surface area contributed by atoms with Crippen LogP contribution >= 0.6 is 0 Å². The molecule has 0 unspecified atom stereocenters. The van der Waals surface area contributed by atoms with Crippen LogP contribution in [0.3, 0.4) is 0 Å². The van der Waals surface area contributed by atoms with Crippen LogP contribution in [0.25, 0.3) is 11.0 Å². The third kappa shape index (κ3) is 1.64. The maximum atomic E-state index is 6.52. The lowest BCUT2D eigenvalue weighted by Crippen LogP contribution is -2.47.